The van der Waals surface area contributed by atoms with E-state index in [9.17, 15) is 0 Å². The van der Waals surface area contributed by atoms with E-state index in [1.165, 1.54) is 31.3 Å². The first-order valence-corrected chi connectivity index (χ1v) is 7.47. The summed E-state index contributed by atoms with van der Waals surface area (Å²) in [5.74, 6) is -0.960. The van der Waals surface area contributed by atoms with E-state index < -0.39 is 5.97 Å². The maximum atomic E-state index is 6.02. The molecule has 0 aromatic heterocycles. The van der Waals surface area contributed by atoms with Crippen molar-refractivity contribution in [3.05, 3.63) is 11.6 Å². The van der Waals surface area contributed by atoms with Gasteiger partial charge in [0.25, 0.3) is 5.97 Å². The van der Waals surface area contributed by atoms with Crippen LogP contribution in [0.1, 0.15) is 66.2 Å². The first-order valence-electron chi connectivity index (χ1n) is 7.47. The number of ether oxygens (including phenoxy) is 3. The second kappa shape index (κ2) is 10.4. The fourth-order valence-corrected chi connectivity index (χ4v) is 2.03. The molecule has 1 unspecified atom stereocenters. The molecule has 1 atom stereocenters. The van der Waals surface area contributed by atoms with Crippen molar-refractivity contribution in [1.29, 1.82) is 0 Å². The van der Waals surface area contributed by atoms with Gasteiger partial charge >= 0.3 is 0 Å². The summed E-state index contributed by atoms with van der Waals surface area (Å²) in [6, 6.07) is 0. The number of rotatable bonds is 11. The van der Waals surface area contributed by atoms with Crippen LogP contribution in [0.4, 0.5) is 0 Å². The molecule has 0 heterocycles. The van der Waals surface area contributed by atoms with E-state index in [1.807, 2.05) is 6.92 Å². The lowest BCUT2D eigenvalue weighted by Gasteiger charge is -2.31. The predicted octanol–water partition coefficient (Wildman–Crippen LogP) is 4.66. The minimum Gasteiger partial charge on any atom is -0.331 e. The van der Waals surface area contributed by atoms with E-state index in [4.69, 9.17) is 14.2 Å². The Hall–Kier alpha value is -0.380. The van der Waals surface area contributed by atoms with Crippen molar-refractivity contribution in [3.63, 3.8) is 0 Å². The molecule has 0 aromatic rings. The highest BCUT2D eigenvalue weighted by Crippen LogP contribution is 2.23. The predicted molar refractivity (Wildman–Crippen MR) is 80.1 cm³/mol. The SMILES string of the molecule is CC/C=C(\C)C(CCCCCC)OC(C)(OC)OC. The van der Waals surface area contributed by atoms with E-state index in [0.29, 0.717) is 0 Å². The number of hydrogen-bond acceptors (Lipinski definition) is 3. The Bertz CT molecular complexity index is 244. The van der Waals surface area contributed by atoms with Gasteiger partial charge < -0.3 is 14.2 Å². The third-order valence-corrected chi connectivity index (χ3v) is 3.45. The smallest absolute Gasteiger partial charge is 0.279 e. The zero-order valence-corrected chi connectivity index (χ0v) is 13.6. The maximum Gasteiger partial charge on any atom is 0.279 e. The van der Waals surface area contributed by atoms with Crippen LogP contribution in [0.5, 0.6) is 0 Å². The van der Waals surface area contributed by atoms with Crippen LogP contribution >= 0.6 is 0 Å². The molecule has 0 aliphatic carbocycles. The second-order valence-corrected chi connectivity index (χ2v) is 5.08. The molecule has 0 saturated heterocycles. The normalized spacial score (nSPS) is 14.7. The zero-order chi connectivity index (χ0) is 14.7. The van der Waals surface area contributed by atoms with Crippen LogP contribution in [0.2, 0.25) is 0 Å². The van der Waals surface area contributed by atoms with Crippen molar-refractivity contribution in [3.8, 4) is 0 Å². The molecule has 0 aliphatic heterocycles. The summed E-state index contributed by atoms with van der Waals surface area (Å²) in [7, 11) is 3.22. The second-order valence-electron chi connectivity index (χ2n) is 5.08. The fraction of sp³-hybridized carbons (Fsp3) is 0.875. The van der Waals surface area contributed by atoms with E-state index in [0.717, 1.165) is 12.8 Å². The molecule has 3 heteroatoms. The molecule has 0 saturated carbocycles. The van der Waals surface area contributed by atoms with Crippen LogP contribution in [0.3, 0.4) is 0 Å². The van der Waals surface area contributed by atoms with Crippen LogP contribution in [0.25, 0.3) is 0 Å². The van der Waals surface area contributed by atoms with E-state index in [2.05, 4.69) is 26.8 Å². The monoisotopic (exact) mass is 272 g/mol. The minimum atomic E-state index is -0.960. The highest BCUT2D eigenvalue weighted by molar-refractivity contribution is 5.05. The lowest BCUT2D eigenvalue weighted by molar-refractivity contribution is -0.362. The number of methoxy groups -OCH3 is 2. The van der Waals surface area contributed by atoms with Crippen molar-refractivity contribution in [2.75, 3.05) is 14.2 Å². The van der Waals surface area contributed by atoms with Crippen LogP contribution in [0, 0.1) is 0 Å². The Labute approximate surface area is 119 Å². The molecule has 19 heavy (non-hydrogen) atoms. The zero-order valence-electron chi connectivity index (χ0n) is 13.6. The Kier molecular flexibility index (Phi) is 10.2. The molecule has 3 nitrogen and oxygen atoms in total. The Morgan fingerprint density at radius 3 is 2.21 bits per heavy atom. The highest BCUT2D eigenvalue weighted by Gasteiger charge is 2.28. The molecule has 0 aromatic carbocycles. The van der Waals surface area contributed by atoms with Gasteiger partial charge in [0.1, 0.15) is 0 Å². The lowest BCUT2D eigenvalue weighted by atomic mass is 10.0. The molecule has 0 fully saturated rings. The molecule has 0 radical (unpaired) electrons. The third kappa shape index (κ3) is 7.71. The van der Waals surface area contributed by atoms with Gasteiger partial charge in [-0.3, -0.25) is 0 Å². The molecule has 114 valence electrons. The molecule has 0 bridgehead atoms. The highest BCUT2D eigenvalue weighted by atomic mass is 16.9. The topological polar surface area (TPSA) is 27.7 Å². The lowest BCUT2D eigenvalue weighted by Crippen LogP contribution is -2.38. The van der Waals surface area contributed by atoms with Crippen LogP contribution in [-0.2, 0) is 14.2 Å². The fourth-order valence-electron chi connectivity index (χ4n) is 2.03. The summed E-state index contributed by atoms with van der Waals surface area (Å²) in [5, 5.41) is 0. The van der Waals surface area contributed by atoms with Crippen LogP contribution in [-0.4, -0.2) is 26.3 Å². The standard InChI is InChI=1S/C16H32O3/c1-7-9-10-11-13-15(14(3)12-8-2)19-16(4,17-5)18-6/h12,15H,7-11,13H2,1-6H3/b14-12+. The Morgan fingerprint density at radius 1 is 1.11 bits per heavy atom. The number of allylic oxidation sites excluding steroid dienone is 1. The molecule has 0 amide bonds. The van der Waals surface area contributed by atoms with Gasteiger partial charge in [0, 0.05) is 21.1 Å². The largest absolute Gasteiger partial charge is 0.331 e. The van der Waals surface area contributed by atoms with Gasteiger partial charge in [0.2, 0.25) is 0 Å². The molecule has 0 rings (SSSR count). The van der Waals surface area contributed by atoms with E-state index >= 15 is 0 Å². The van der Waals surface area contributed by atoms with Gasteiger partial charge in [-0.25, -0.2) is 0 Å². The van der Waals surface area contributed by atoms with Crippen molar-refractivity contribution in [2.24, 2.45) is 0 Å². The van der Waals surface area contributed by atoms with Gasteiger partial charge in [-0.2, -0.15) is 0 Å². The molecule has 0 N–H and O–H groups in total. The number of hydrogen-bond donors (Lipinski definition) is 0. The molecule has 0 aliphatic rings. The molecule has 0 spiro atoms. The van der Waals surface area contributed by atoms with Crippen LogP contribution < -0.4 is 0 Å². The summed E-state index contributed by atoms with van der Waals surface area (Å²) < 4.78 is 16.6. The minimum absolute atomic E-state index is 0.0710. The molecular formula is C16H32O3. The van der Waals surface area contributed by atoms with Crippen molar-refractivity contribution < 1.29 is 14.2 Å². The first kappa shape index (κ1) is 18.6. The van der Waals surface area contributed by atoms with Gasteiger partial charge in [0.05, 0.1) is 6.10 Å². The first-order chi connectivity index (χ1) is 9.02. The maximum absolute atomic E-state index is 6.02. The van der Waals surface area contributed by atoms with E-state index in [1.54, 1.807) is 14.2 Å². The summed E-state index contributed by atoms with van der Waals surface area (Å²) >= 11 is 0. The Balaban J connectivity index is 4.54. The van der Waals surface area contributed by atoms with Crippen molar-refractivity contribution in [2.45, 2.75) is 78.3 Å². The van der Waals surface area contributed by atoms with Gasteiger partial charge in [-0.15, -0.1) is 0 Å². The summed E-state index contributed by atoms with van der Waals surface area (Å²) in [6.45, 7) is 8.30. The summed E-state index contributed by atoms with van der Waals surface area (Å²) in [5.41, 5.74) is 1.26. The number of unbranched alkanes of at least 4 members (excludes halogenated alkanes) is 3. The summed E-state index contributed by atoms with van der Waals surface area (Å²) in [6.07, 6.45) is 9.31. The van der Waals surface area contributed by atoms with Crippen molar-refractivity contribution in [1.82, 2.24) is 0 Å². The van der Waals surface area contributed by atoms with Crippen molar-refractivity contribution >= 4 is 0 Å². The van der Waals surface area contributed by atoms with Gasteiger partial charge in [-0.1, -0.05) is 45.6 Å². The van der Waals surface area contributed by atoms with E-state index in [-0.39, 0.29) is 6.10 Å². The van der Waals surface area contributed by atoms with Gasteiger partial charge in [0.15, 0.2) is 0 Å². The summed E-state index contributed by atoms with van der Waals surface area (Å²) in [4.78, 5) is 0. The average Bonchev–Trinajstić information content (AvgIpc) is 2.42. The molecular weight excluding hydrogens is 240 g/mol. The quantitative estimate of drug-likeness (QED) is 0.311. The van der Waals surface area contributed by atoms with Gasteiger partial charge in [-0.05, 0) is 25.3 Å². The van der Waals surface area contributed by atoms with Crippen LogP contribution in [0.15, 0.2) is 11.6 Å². The Morgan fingerprint density at radius 2 is 1.74 bits per heavy atom. The average molecular weight is 272 g/mol. The third-order valence-electron chi connectivity index (χ3n) is 3.45.